The predicted molar refractivity (Wildman–Crippen MR) is 74.6 cm³/mol. The van der Waals surface area contributed by atoms with Crippen molar-refractivity contribution in [1.82, 2.24) is 14.6 Å². The zero-order valence-corrected chi connectivity index (χ0v) is 12.0. The minimum Gasteiger partial charge on any atom is -0.478 e. The molecule has 3 rings (SSSR count). The Labute approximate surface area is 129 Å². The van der Waals surface area contributed by atoms with Gasteiger partial charge >= 0.3 is 5.97 Å². The van der Waals surface area contributed by atoms with Gasteiger partial charge in [-0.1, -0.05) is 0 Å². The molecule has 3 heterocycles. The molecule has 4 atom stereocenters. The maximum atomic E-state index is 14.2. The Kier molecular flexibility index (Phi) is 3.47. The summed E-state index contributed by atoms with van der Waals surface area (Å²) in [5.41, 5.74) is 3.67. The van der Waals surface area contributed by atoms with Crippen LogP contribution in [-0.4, -0.2) is 60.4 Å². The number of carboxylic acids is 1. The van der Waals surface area contributed by atoms with E-state index in [0.29, 0.717) is 0 Å². The molecule has 0 radical (unpaired) electrons. The lowest BCUT2D eigenvalue weighted by Gasteiger charge is -2.24. The number of hydrogen-bond donors (Lipinski definition) is 4. The van der Waals surface area contributed by atoms with Gasteiger partial charge in [-0.3, -0.25) is 0 Å². The zero-order valence-electron chi connectivity index (χ0n) is 12.0. The van der Waals surface area contributed by atoms with Crippen LogP contribution in [0.25, 0.3) is 5.52 Å². The summed E-state index contributed by atoms with van der Waals surface area (Å²) in [5.74, 6) is -1.35. The fraction of sp³-hybridized carbons (Fsp3) is 0.462. The molecule has 0 unspecified atom stereocenters. The number of fused-ring (bicyclic) bond motifs is 1. The third kappa shape index (κ3) is 2.14. The number of carboxylic acid groups (broad SMARTS) is 1. The van der Waals surface area contributed by atoms with Gasteiger partial charge in [0, 0.05) is 0 Å². The van der Waals surface area contributed by atoms with E-state index < -0.39 is 36.6 Å². The van der Waals surface area contributed by atoms with Crippen LogP contribution in [0.4, 0.5) is 10.2 Å². The second-order valence-electron chi connectivity index (χ2n) is 5.56. The summed E-state index contributed by atoms with van der Waals surface area (Å²) >= 11 is 0. The van der Waals surface area contributed by atoms with Crippen molar-refractivity contribution >= 4 is 17.3 Å². The van der Waals surface area contributed by atoms with E-state index >= 15 is 0 Å². The highest BCUT2D eigenvalue weighted by atomic mass is 19.1. The molecule has 1 aliphatic heterocycles. The molecular formula is C13H15FN4O5. The number of rotatable bonds is 3. The highest BCUT2D eigenvalue weighted by molar-refractivity contribution is 5.99. The van der Waals surface area contributed by atoms with Crippen LogP contribution in [0.5, 0.6) is 0 Å². The van der Waals surface area contributed by atoms with E-state index in [0.717, 1.165) is 10.8 Å². The number of nitrogens with two attached hydrogens (primary N) is 1. The second kappa shape index (κ2) is 5.11. The van der Waals surface area contributed by atoms with Gasteiger partial charge in [0.15, 0.2) is 12.0 Å². The molecule has 1 fully saturated rings. The minimum atomic E-state index is -1.98. The number of alkyl halides is 1. The van der Waals surface area contributed by atoms with Gasteiger partial charge in [0.1, 0.15) is 29.7 Å². The van der Waals surface area contributed by atoms with Gasteiger partial charge in [0.05, 0.1) is 17.9 Å². The first-order valence-electron chi connectivity index (χ1n) is 6.77. The largest absolute Gasteiger partial charge is 0.478 e. The molecule has 5 N–H and O–H groups in total. The van der Waals surface area contributed by atoms with Crippen molar-refractivity contribution < 1.29 is 29.2 Å². The van der Waals surface area contributed by atoms with Gasteiger partial charge in [0.2, 0.25) is 0 Å². The van der Waals surface area contributed by atoms with Crippen molar-refractivity contribution in [1.29, 1.82) is 0 Å². The minimum absolute atomic E-state index is 0.0252. The van der Waals surface area contributed by atoms with Crippen LogP contribution in [0.1, 0.15) is 29.1 Å². The highest BCUT2D eigenvalue weighted by Gasteiger charge is 2.55. The quantitative estimate of drug-likeness (QED) is 0.593. The van der Waals surface area contributed by atoms with E-state index in [2.05, 4.69) is 10.1 Å². The normalized spacial score (nSPS) is 30.9. The third-order valence-electron chi connectivity index (χ3n) is 4.02. The van der Waals surface area contributed by atoms with Crippen LogP contribution >= 0.6 is 0 Å². The molecule has 0 amide bonds. The number of hydrogen-bond acceptors (Lipinski definition) is 7. The molecule has 2 aromatic rings. The molecule has 9 nitrogen and oxygen atoms in total. The Balaban J connectivity index is 2.21. The molecule has 2 aromatic heterocycles. The van der Waals surface area contributed by atoms with E-state index in [9.17, 15) is 19.4 Å². The van der Waals surface area contributed by atoms with Crippen LogP contribution in [0.3, 0.4) is 0 Å². The lowest BCUT2D eigenvalue weighted by atomic mass is 9.92. The van der Waals surface area contributed by atoms with Crippen molar-refractivity contribution in [2.24, 2.45) is 0 Å². The predicted octanol–water partition coefficient (Wildman–Crippen LogP) is -0.469. The number of aliphatic hydroxyl groups is 2. The Morgan fingerprint density at radius 3 is 2.87 bits per heavy atom. The molecule has 0 spiro atoms. The van der Waals surface area contributed by atoms with Crippen LogP contribution in [0.15, 0.2) is 12.4 Å². The summed E-state index contributed by atoms with van der Waals surface area (Å²) in [7, 11) is 0. The van der Waals surface area contributed by atoms with Crippen LogP contribution in [0, 0.1) is 0 Å². The number of nitrogens with zero attached hydrogens (tertiary/aromatic N) is 3. The zero-order chi connectivity index (χ0) is 16.9. The number of carbonyl (C=O) groups is 1. The van der Waals surface area contributed by atoms with Gasteiger partial charge in [-0.25, -0.2) is 18.7 Å². The molecule has 10 heteroatoms. The molecule has 0 aromatic carbocycles. The highest BCUT2D eigenvalue weighted by Crippen LogP contribution is 2.44. The number of nitrogen functional groups attached to an aromatic ring is 1. The van der Waals surface area contributed by atoms with E-state index in [1.54, 1.807) is 0 Å². The van der Waals surface area contributed by atoms with Gasteiger partial charge in [-0.05, 0) is 13.0 Å². The Hall–Kier alpha value is -2.30. The van der Waals surface area contributed by atoms with Crippen molar-refractivity contribution in [3.63, 3.8) is 0 Å². The third-order valence-corrected chi connectivity index (χ3v) is 4.02. The molecule has 124 valence electrons. The molecule has 0 aliphatic carbocycles. The van der Waals surface area contributed by atoms with E-state index in [-0.39, 0.29) is 22.6 Å². The fourth-order valence-electron chi connectivity index (χ4n) is 2.85. The number of aromatic nitrogens is 3. The number of halogens is 1. The van der Waals surface area contributed by atoms with Crippen molar-refractivity contribution in [3.05, 3.63) is 23.7 Å². The Morgan fingerprint density at radius 1 is 1.61 bits per heavy atom. The van der Waals surface area contributed by atoms with Crippen LogP contribution < -0.4 is 5.73 Å². The van der Waals surface area contributed by atoms with Gasteiger partial charge < -0.3 is 25.8 Å². The molecule has 23 heavy (non-hydrogen) atoms. The topological polar surface area (TPSA) is 143 Å². The van der Waals surface area contributed by atoms with Crippen molar-refractivity contribution in [2.75, 3.05) is 12.3 Å². The van der Waals surface area contributed by atoms with Gasteiger partial charge in [0.25, 0.3) is 0 Å². The van der Waals surface area contributed by atoms with Crippen LogP contribution in [-0.2, 0) is 4.74 Å². The Bertz CT molecular complexity index is 777. The molecule has 1 aliphatic rings. The average Bonchev–Trinajstić information content (AvgIpc) is 2.97. The Morgan fingerprint density at radius 2 is 2.30 bits per heavy atom. The maximum absolute atomic E-state index is 14.2. The molecule has 0 saturated carbocycles. The first kappa shape index (κ1) is 15.6. The number of aliphatic hydroxyl groups excluding tert-OH is 1. The van der Waals surface area contributed by atoms with Crippen molar-refractivity contribution in [3.8, 4) is 0 Å². The fourth-order valence-corrected chi connectivity index (χ4v) is 2.85. The first-order valence-corrected chi connectivity index (χ1v) is 6.77. The monoisotopic (exact) mass is 326 g/mol. The number of anilines is 1. The van der Waals surface area contributed by atoms with E-state index in [1.165, 1.54) is 13.0 Å². The average molecular weight is 326 g/mol. The number of aromatic carboxylic acids is 1. The standard InChI is InChI=1S/C13H15FN4O5/c1-13(22)9(14)7(3-19)23-10(13)6-2-5(12(20)21)8-11(15)16-4-17-18(6)8/h2,4,7,9-10,19,22H,3H2,1H3,(H,20,21)(H2,15,16,17)/t7-,9-,10+,13-/m1/s1. The summed E-state index contributed by atoms with van der Waals surface area (Å²) < 4.78 is 20.8. The summed E-state index contributed by atoms with van der Waals surface area (Å²) in [6.07, 6.45) is -3.20. The first-order chi connectivity index (χ1) is 10.8. The SMILES string of the molecule is C[C@@]1(O)[C@H](F)[C@@H](CO)O[C@H]1c1cc(C(=O)O)c2c(N)ncnn12. The summed E-state index contributed by atoms with van der Waals surface area (Å²) in [6, 6.07) is 1.20. The number of ether oxygens (including phenoxy) is 1. The lowest BCUT2D eigenvalue weighted by Crippen LogP contribution is -2.40. The molecule has 1 saturated heterocycles. The van der Waals surface area contributed by atoms with E-state index in [4.69, 9.17) is 15.6 Å². The summed E-state index contributed by atoms with van der Waals surface area (Å²) in [4.78, 5) is 15.1. The summed E-state index contributed by atoms with van der Waals surface area (Å²) in [5, 5.41) is 32.8. The molecular weight excluding hydrogens is 311 g/mol. The second-order valence-corrected chi connectivity index (χ2v) is 5.56. The van der Waals surface area contributed by atoms with Crippen LogP contribution in [0.2, 0.25) is 0 Å². The van der Waals surface area contributed by atoms with E-state index in [1.807, 2.05) is 0 Å². The van der Waals surface area contributed by atoms with Crippen molar-refractivity contribution in [2.45, 2.75) is 30.9 Å². The van der Waals surface area contributed by atoms with Gasteiger partial charge in [-0.15, -0.1) is 0 Å². The lowest BCUT2D eigenvalue weighted by molar-refractivity contribution is -0.0543. The smallest absolute Gasteiger partial charge is 0.338 e. The molecule has 0 bridgehead atoms. The van der Waals surface area contributed by atoms with Gasteiger partial charge in [-0.2, -0.15) is 5.10 Å². The maximum Gasteiger partial charge on any atom is 0.338 e. The summed E-state index contributed by atoms with van der Waals surface area (Å²) in [6.45, 7) is 0.586.